The molecule has 5 rings (SSSR count). The molecule has 7 nitrogen and oxygen atoms in total. The number of para-hydroxylation sites is 2. The highest BCUT2D eigenvalue weighted by atomic mass is 32.1. The Labute approximate surface area is 202 Å². The Morgan fingerprint density at radius 2 is 1.79 bits per heavy atom. The van der Waals surface area contributed by atoms with Gasteiger partial charge in [0.25, 0.3) is 0 Å². The molecule has 2 N–H and O–H groups in total. The summed E-state index contributed by atoms with van der Waals surface area (Å²) < 4.78 is 7.70. The summed E-state index contributed by atoms with van der Waals surface area (Å²) in [6.07, 6.45) is 3.73. The number of thiocarbonyl (C=S) groups is 1. The highest BCUT2D eigenvalue weighted by Crippen LogP contribution is 2.44. The van der Waals surface area contributed by atoms with E-state index in [0.717, 1.165) is 22.8 Å². The standard InChI is InChI=1S/C26H22N4O3S/c1-33-22-10-3-2-8-20(22)30-24(23(28-26(30)34)19-7-4-5-15-27-19)21-9-6-16-29(21)18-13-11-17(12-14-18)25(31)32/h2-16,23-24H,1H3,(H,28,34)(H,31,32). The van der Waals surface area contributed by atoms with Crippen LogP contribution in [0.3, 0.4) is 0 Å². The molecule has 0 saturated carbocycles. The van der Waals surface area contributed by atoms with Gasteiger partial charge in [0, 0.05) is 23.8 Å². The number of aromatic nitrogens is 2. The van der Waals surface area contributed by atoms with Crippen molar-refractivity contribution < 1.29 is 14.6 Å². The van der Waals surface area contributed by atoms with Crippen molar-refractivity contribution in [3.63, 3.8) is 0 Å². The van der Waals surface area contributed by atoms with Crippen LogP contribution < -0.4 is 15.0 Å². The number of nitrogens with zero attached hydrogens (tertiary/aromatic N) is 3. The fraction of sp³-hybridized carbons (Fsp3) is 0.115. The molecular weight excluding hydrogens is 448 g/mol. The van der Waals surface area contributed by atoms with E-state index in [4.69, 9.17) is 17.0 Å². The first kappa shape index (κ1) is 21.7. The van der Waals surface area contributed by atoms with Crippen LogP contribution >= 0.6 is 12.2 Å². The highest BCUT2D eigenvalue weighted by molar-refractivity contribution is 7.80. The van der Waals surface area contributed by atoms with E-state index in [9.17, 15) is 9.90 Å². The number of carboxylic acid groups (broad SMARTS) is 1. The van der Waals surface area contributed by atoms with E-state index in [1.807, 2.05) is 65.4 Å². The van der Waals surface area contributed by atoms with E-state index in [2.05, 4.69) is 15.2 Å². The fourth-order valence-corrected chi connectivity index (χ4v) is 4.72. The molecule has 0 spiro atoms. The second kappa shape index (κ2) is 8.99. The van der Waals surface area contributed by atoms with Crippen LogP contribution in [0.4, 0.5) is 5.69 Å². The zero-order valence-electron chi connectivity index (χ0n) is 18.3. The highest BCUT2D eigenvalue weighted by Gasteiger charge is 2.43. The Hall–Kier alpha value is -4.17. The first-order chi connectivity index (χ1) is 16.6. The molecule has 0 amide bonds. The van der Waals surface area contributed by atoms with Gasteiger partial charge in [-0.25, -0.2) is 4.79 Å². The minimum atomic E-state index is -0.956. The Morgan fingerprint density at radius 1 is 1.03 bits per heavy atom. The molecule has 1 aliphatic heterocycles. The van der Waals surface area contributed by atoms with Crippen LogP contribution in [0, 0.1) is 0 Å². The number of carboxylic acids is 1. The number of benzene rings is 2. The topological polar surface area (TPSA) is 79.6 Å². The molecular formula is C26H22N4O3S. The van der Waals surface area contributed by atoms with Crippen LogP contribution in [0.25, 0.3) is 5.69 Å². The third-order valence-electron chi connectivity index (χ3n) is 5.92. The lowest BCUT2D eigenvalue weighted by Gasteiger charge is -2.30. The summed E-state index contributed by atoms with van der Waals surface area (Å²) >= 11 is 5.82. The van der Waals surface area contributed by atoms with Crippen LogP contribution in [0.5, 0.6) is 5.75 Å². The van der Waals surface area contributed by atoms with Crippen molar-refractivity contribution in [2.75, 3.05) is 12.0 Å². The molecule has 8 heteroatoms. The lowest BCUT2D eigenvalue weighted by Crippen LogP contribution is -2.30. The van der Waals surface area contributed by atoms with Gasteiger partial charge in [0.15, 0.2) is 5.11 Å². The summed E-state index contributed by atoms with van der Waals surface area (Å²) in [7, 11) is 1.64. The molecule has 2 unspecified atom stereocenters. The molecule has 2 atom stereocenters. The van der Waals surface area contributed by atoms with Gasteiger partial charge in [-0.1, -0.05) is 18.2 Å². The van der Waals surface area contributed by atoms with E-state index in [1.54, 1.807) is 37.6 Å². The molecule has 0 aliphatic carbocycles. The molecule has 170 valence electrons. The Bertz CT molecular complexity index is 1340. The predicted octanol–water partition coefficient (Wildman–Crippen LogP) is 4.76. The maximum absolute atomic E-state index is 11.3. The van der Waals surface area contributed by atoms with Crippen molar-refractivity contribution in [1.82, 2.24) is 14.9 Å². The molecule has 34 heavy (non-hydrogen) atoms. The van der Waals surface area contributed by atoms with E-state index >= 15 is 0 Å². The monoisotopic (exact) mass is 470 g/mol. The molecule has 4 aromatic rings. The van der Waals surface area contributed by atoms with Crippen LogP contribution in [-0.4, -0.2) is 32.8 Å². The molecule has 2 aromatic heterocycles. The molecule has 1 fully saturated rings. The second-order valence-corrected chi connectivity index (χ2v) is 8.21. The maximum atomic E-state index is 11.3. The first-order valence-electron chi connectivity index (χ1n) is 10.7. The number of nitrogens with one attached hydrogen (secondary N) is 1. The molecule has 1 saturated heterocycles. The van der Waals surface area contributed by atoms with Gasteiger partial charge in [-0.15, -0.1) is 0 Å². The Morgan fingerprint density at radius 3 is 2.50 bits per heavy atom. The van der Waals surface area contributed by atoms with Crippen molar-refractivity contribution in [2.24, 2.45) is 0 Å². The first-order valence-corrected chi connectivity index (χ1v) is 11.1. The van der Waals surface area contributed by atoms with Crippen molar-refractivity contribution in [3.05, 3.63) is 108 Å². The summed E-state index contributed by atoms with van der Waals surface area (Å²) in [6.45, 7) is 0. The lowest BCUT2D eigenvalue weighted by atomic mass is 10.0. The average Bonchev–Trinajstić information content (AvgIpc) is 3.48. The van der Waals surface area contributed by atoms with Crippen LogP contribution in [0.1, 0.15) is 33.8 Å². The second-order valence-electron chi connectivity index (χ2n) is 7.82. The van der Waals surface area contributed by atoms with Crippen LogP contribution in [0.15, 0.2) is 91.3 Å². The normalized spacial score (nSPS) is 17.4. The quantitative estimate of drug-likeness (QED) is 0.394. The zero-order chi connectivity index (χ0) is 23.7. The van der Waals surface area contributed by atoms with E-state index in [1.165, 1.54) is 0 Å². The summed E-state index contributed by atoms with van der Waals surface area (Å²) in [5, 5.41) is 13.3. The van der Waals surface area contributed by atoms with E-state index in [0.29, 0.717) is 10.9 Å². The van der Waals surface area contributed by atoms with Gasteiger partial charge in [0.1, 0.15) is 11.8 Å². The van der Waals surface area contributed by atoms with Gasteiger partial charge >= 0.3 is 5.97 Å². The summed E-state index contributed by atoms with van der Waals surface area (Å²) in [5.74, 6) is -0.246. The number of aromatic carboxylic acids is 1. The molecule has 2 aromatic carbocycles. The number of anilines is 1. The summed E-state index contributed by atoms with van der Waals surface area (Å²) in [5.41, 5.74) is 3.77. The molecule has 0 radical (unpaired) electrons. The summed E-state index contributed by atoms with van der Waals surface area (Å²) in [4.78, 5) is 18.0. The Balaban J connectivity index is 1.66. The van der Waals surface area contributed by atoms with Gasteiger partial charge in [0.2, 0.25) is 0 Å². The SMILES string of the molecule is COc1ccccc1N1C(=S)NC(c2ccccn2)C1c1cccn1-c1ccc(C(=O)O)cc1. The number of hydrogen-bond acceptors (Lipinski definition) is 4. The minimum absolute atomic E-state index is 0.217. The van der Waals surface area contributed by atoms with Crippen molar-refractivity contribution in [2.45, 2.75) is 12.1 Å². The molecule has 0 bridgehead atoms. The largest absolute Gasteiger partial charge is 0.495 e. The van der Waals surface area contributed by atoms with Crippen molar-refractivity contribution in [1.29, 1.82) is 0 Å². The molecule has 1 aliphatic rings. The van der Waals surface area contributed by atoms with Gasteiger partial charge in [0.05, 0.1) is 30.1 Å². The van der Waals surface area contributed by atoms with Crippen LogP contribution in [0.2, 0.25) is 0 Å². The van der Waals surface area contributed by atoms with Crippen molar-refractivity contribution >= 4 is 29.0 Å². The van der Waals surface area contributed by atoms with E-state index in [-0.39, 0.29) is 17.6 Å². The van der Waals surface area contributed by atoms with Gasteiger partial charge in [-0.05, 0) is 72.9 Å². The number of rotatable bonds is 6. The molecule has 3 heterocycles. The van der Waals surface area contributed by atoms with Crippen LogP contribution in [-0.2, 0) is 0 Å². The average molecular weight is 471 g/mol. The number of ether oxygens (including phenoxy) is 1. The van der Waals surface area contributed by atoms with Gasteiger partial charge in [-0.3, -0.25) is 4.98 Å². The third kappa shape index (κ3) is 3.78. The maximum Gasteiger partial charge on any atom is 0.335 e. The number of pyridine rings is 1. The van der Waals surface area contributed by atoms with Gasteiger partial charge < -0.3 is 24.6 Å². The number of methoxy groups -OCH3 is 1. The smallest absolute Gasteiger partial charge is 0.335 e. The fourth-order valence-electron chi connectivity index (χ4n) is 4.38. The predicted molar refractivity (Wildman–Crippen MR) is 134 cm³/mol. The number of hydrogen-bond donors (Lipinski definition) is 2. The van der Waals surface area contributed by atoms with Crippen molar-refractivity contribution in [3.8, 4) is 11.4 Å². The van der Waals surface area contributed by atoms with E-state index < -0.39 is 5.97 Å². The Kier molecular flexibility index (Phi) is 5.73. The minimum Gasteiger partial charge on any atom is -0.495 e. The summed E-state index contributed by atoms with van der Waals surface area (Å²) in [6, 6.07) is 24.0. The van der Waals surface area contributed by atoms with Gasteiger partial charge in [-0.2, -0.15) is 0 Å². The lowest BCUT2D eigenvalue weighted by molar-refractivity contribution is 0.0697. The zero-order valence-corrected chi connectivity index (χ0v) is 19.1. The third-order valence-corrected chi connectivity index (χ3v) is 6.23. The number of carbonyl (C=O) groups is 1.